The van der Waals surface area contributed by atoms with Crippen molar-refractivity contribution in [1.29, 1.82) is 0 Å². The Morgan fingerprint density at radius 2 is 1.92 bits per heavy atom. The Morgan fingerprint density at radius 3 is 2.72 bits per heavy atom. The van der Waals surface area contributed by atoms with Crippen LogP contribution in [0.25, 0.3) is 0 Å². The van der Waals surface area contributed by atoms with E-state index in [0.29, 0.717) is 11.8 Å². The Balaban J connectivity index is 1.39. The minimum Gasteiger partial charge on any atom is -0.493 e. The van der Waals surface area contributed by atoms with Crippen LogP contribution in [0.2, 0.25) is 0 Å². The van der Waals surface area contributed by atoms with Crippen molar-refractivity contribution >= 4 is 5.82 Å². The van der Waals surface area contributed by atoms with E-state index in [1.165, 1.54) is 42.5 Å². The highest BCUT2D eigenvalue weighted by Gasteiger charge is 2.31. The van der Waals surface area contributed by atoms with E-state index in [1.54, 1.807) is 0 Å². The quantitative estimate of drug-likeness (QED) is 0.858. The summed E-state index contributed by atoms with van der Waals surface area (Å²) in [6.07, 6.45) is 7.27. The zero-order valence-electron chi connectivity index (χ0n) is 14.8. The molecule has 2 heterocycles. The molecule has 4 heteroatoms. The van der Waals surface area contributed by atoms with E-state index in [4.69, 9.17) is 14.7 Å². The molecule has 2 aromatic rings. The number of ether oxygens (including phenoxy) is 1. The molecule has 25 heavy (non-hydrogen) atoms. The van der Waals surface area contributed by atoms with Crippen molar-refractivity contribution in [3.05, 3.63) is 46.9 Å². The summed E-state index contributed by atoms with van der Waals surface area (Å²) in [6, 6.07) is 8.97. The molecule has 0 spiro atoms. The number of anilines is 1. The number of fused-ring (bicyclic) bond motifs is 1. The summed E-state index contributed by atoms with van der Waals surface area (Å²) in [6.45, 7) is 3.05. The first-order chi connectivity index (χ1) is 12.3. The summed E-state index contributed by atoms with van der Waals surface area (Å²) in [7, 11) is 0. The fourth-order valence-electron chi connectivity index (χ4n) is 3.63. The molecule has 2 fully saturated rings. The van der Waals surface area contributed by atoms with Crippen LogP contribution < -0.4 is 10.1 Å². The van der Waals surface area contributed by atoms with E-state index in [1.807, 2.05) is 0 Å². The molecule has 1 aromatic carbocycles. The van der Waals surface area contributed by atoms with Gasteiger partial charge in [-0.25, -0.2) is 9.97 Å². The fourth-order valence-corrected chi connectivity index (χ4v) is 3.63. The van der Waals surface area contributed by atoms with Gasteiger partial charge in [0.05, 0.1) is 6.61 Å². The monoisotopic (exact) mass is 335 g/mol. The van der Waals surface area contributed by atoms with Crippen molar-refractivity contribution in [3.8, 4) is 5.75 Å². The lowest BCUT2D eigenvalue weighted by atomic mass is 10.00. The van der Waals surface area contributed by atoms with Crippen LogP contribution >= 0.6 is 0 Å². The van der Waals surface area contributed by atoms with Crippen molar-refractivity contribution < 1.29 is 4.74 Å². The van der Waals surface area contributed by atoms with Gasteiger partial charge in [0.1, 0.15) is 17.4 Å². The smallest absolute Gasteiger partial charge is 0.134 e. The predicted molar refractivity (Wildman–Crippen MR) is 98.3 cm³/mol. The summed E-state index contributed by atoms with van der Waals surface area (Å²) in [5.41, 5.74) is 3.87. The van der Waals surface area contributed by atoms with Gasteiger partial charge in [0.15, 0.2) is 0 Å². The van der Waals surface area contributed by atoms with Gasteiger partial charge in [-0.3, -0.25) is 0 Å². The highest BCUT2D eigenvalue weighted by molar-refractivity contribution is 5.45. The largest absolute Gasteiger partial charge is 0.493 e. The number of benzene rings is 1. The topological polar surface area (TPSA) is 47.0 Å². The van der Waals surface area contributed by atoms with Gasteiger partial charge < -0.3 is 10.1 Å². The fraction of sp³-hybridized carbons (Fsp3) is 0.524. The molecule has 130 valence electrons. The van der Waals surface area contributed by atoms with Crippen molar-refractivity contribution in [1.82, 2.24) is 9.97 Å². The molecule has 1 aliphatic heterocycles. The lowest BCUT2D eigenvalue weighted by Gasteiger charge is -2.21. The van der Waals surface area contributed by atoms with E-state index in [-0.39, 0.29) is 6.04 Å². The van der Waals surface area contributed by atoms with Gasteiger partial charge in [-0.2, -0.15) is 0 Å². The number of rotatable bonds is 5. The van der Waals surface area contributed by atoms with Gasteiger partial charge in [0, 0.05) is 29.6 Å². The number of nitrogens with zero attached hydrogens (tertiary/aromatic N) is 2. The standard InChI is InChI=1S/C21H25N3O/c1-13(16-8-9-19-17(11-16)3-2-10-25-19)22-20-12-18(14-4-5-14)23-21(24-20)15-6-7-15/h8-9,11-15H,2-7,10H2,1H3,(H,22,23,24). The molecule has 2 aliphatic carbocycles. The summed E-state index contributed by atoms with van der Waals surface area (Å²) in [4.78, 5) is 9.64. The van der Waals surface area contributed by atoms with Crippen molar-refractivity contribution in [2.24, 2.45) is 0 Å². The van der Waals surface area contributed by atoms with Crippen LogP contribution in [0.1, 0.15) is 79.6 Å². The molecule has 1 unspecified atom stereocenters. The zero-order chi connectivity index (χ0) is 16.8. The van der Waals surface area contributed by atoms with Gasteiger partial charge in [-0.05, 0) is 62.6 Å². The summed E-state index contributed by atoms with van der Waals surface area (Å²) in [5, 5.41) is 3.62. The molecule has 2 saturated carbocycles. The van der Waals surface area contributed by atoms with Crippen LogP contribution in [0.3, 0.4) is 0 Å². The van der Waals surface area contributed by atoms with Gasteiger partial charge in [0.25, 0.3) is 0 Å². The van der Waals surface area contributed by atoms with E-state index < -0.39 is 0 Å². The second kappa shape index (κ2) is 6.01. The van der Waals surface area contributed by atoms with E-state index in [9.17, 15) is 0 Å². The molecule has 5 rings (SSSR count). The maximum absolute atomic E-state index is 5.73. The number of aromatic nitrogens is 2. The third-order valence-corrected chi connectivity index (χ3v) is 5.50. The van der Waals surface area contributed by atoms with Gasteiger partial charge >= 0.3 is 0 Å². The third kappa shape index (κ3) is 3.22. The van der Waals surface area contributed by atoms with E-state index in [2.05, 4.69) is 36.5 Å². The highest BCUT2D eigenvalue weighted by atomic mass is 16.5. The number of hydrogen-bond donors (Lipinski definition) is 1. The molecule has 1 aromatic heterocycles. The minimum atomic E-state index is 0.223. The number of nitrogens with one attached hydrogen (secondary N) is 1. The lowest BCUT2D eigenvalue weighted by molar-refractivity contribution is 0.288. The molecule has 0 saturated heterocycles. The Hall–Kier alpha value is -2.10. The Bertz CT molecular complexity index is 765. The Morgan fingerprint density at radius 1 is 1.08 bits per heavy atom. The maximum atomic E-state index is 5.73. The summed E-state index contributed by atoms with van der Waals surface area (Å²) >= 11 is 0. The molecular formula is C21H25N3O. The third-order valence-electron chi connectivity index (χ3n) is 5.50. The minimum absolute atomic E-state index is 0.223. The van der Waals surface area contributed by atoms with Crippen LogP contribution in [-0.2, 0) is 6.42 Å². The first-order valence-corrected chi connectivity index (χ1v) is 9.67. The zero-order valence-corrected chi connectivity index (χ0v) is 14.8. The number of hydrogen-bond acceptors (Lipinski definition) is 4. The van der Waals surface area contributed by atoms with Crippen LogP contribution in [0.15, 0.2) is 24.3 Å². The van der Waals surface area contributed by atoms with Gasteiger partial charge in [-0.15, -0.1) is 0 Å². The van der Waals surface area contributed by atoms with Crippen molar-refractivity contribution in [2.45, 2.75) is 63.3 Å². The molecule has 4 nitrogen and oxygen atoms in total. The summed E-state index contributed by atoms with van der Waals surface area (Å²) in [5.74, 6) is 4.35. The predicted octanol–water partition coefficient (Wildman–Crippen LogP) is 4.73. The number of aryl methyl sites for hydroxylation is 1. The van der Waals surface area contributed by atoms with Crippen LogP contribution in [-0.4, -0.2) is 16.6 Å². The van der Waals surface area contributed by atoms with E-state index in [0.717, 1.165) is 36.8 Å². The van der Waals surface area contributed by atoms with E-state index >= 15 is 0 Å². The Labute approximate surface area is 149 Å². The Kier molecular flexibility index (Phi) is 3.65. The van der Waals surface area contributed by atoms with Gasteiger partial charge in [-0.1, -0.05) is 12.1 Å². The summed E-state index contributed by atoms with van der Waals surface area (Å²) < 4.78 is 5.73. The molecule has 3 aliphatic rings. The van der Waals surface area contributed by atoms with Crippen LogP contribution in [0.5, 0.6) is 5.75 Å². The second-order valence-electron chi connectivity index (χ2n) is 7.77. The van der Waals surface area contributed by atoms with Crippen molar-refractivity contribution in [2.75, 3.05) is 11.9 Å². The van der Waals surface area contributed by atoms with Gasteiger partial charge in [0.2, 0.25) is 0 Å². The normalized spacial score (nSPS) is 20.5. The van der Waals surface area contributed by atoms with Crippen molar-refractivity contribution in [3.63, 3.8) is 0 Å². The van der Waals surface area contributed by atoms with Crippen LogP contribution in [0.4, 0.5) is 5.82 Å². The first-order valence-electron chi connectivity index (χ1n) is 9.67. The molecule has 1 atom stereocenters. The molecule has 0 bridgehead atoms. The molecule has 0 amide bonds. The average Bonchev–Trinajstić information content (AvgIpc) is 3.53. The average molecular weight is 335 g/mol. The maximum Gasteiger partial charge on any atom is 0.134 e. The molecule has 1 N–H and O–H groups in total. The highest BCUT2D eigenvalue weighted by Crippen LogP contribution is 2.43. The first kappa shape index (κ1) is 15.2. The second-order valence-corrected chi connectivity index (χ2v) is 7.77. The molecular weight excluding hydrogens is 310 g/mol. The SMILES string of the molecule is CC(Nc1cc(C2CC2)nc(C2CC2)n1)c1ccc2c(c1)CCCO2. The lowest BCUT2D eigenvalue weighted by Crippen LogP contribution is -2.13. The van der Waals surface area contributed by atoms with Crippen LogP contribution in [0, 0.1) is 0 Å². The molecule has 0 radical (unpaired) electrons.